The third-order valence-electron chi connectivity index (χ3n) is 2.58. The van der Waals surface area contributed by atoms with Crippen molar-refractivity contribution in [2.45, 2.75) is 11.5 Å². The van der Waals surface area contributed by atoms with Crippen molar-refractivity contribution in [3.05, 3.63) is 55.4 Å². The molecule has 0 aliphatic carbocycles. The van der Waals surface area contributed by atoms with Gasteiger partial charge in [-0.05, 0) is 50.1 Å². The number of hydrogen-bond acceptors (Lipinski definition) is 3. The van der Waals surface area contributed by atoms with E-state index in [1.165, 1.54) is 12.1 Å². The van der Waals surface area contributed by atoms with Crippen molar-refractivity contribution in [1.29, 1.82) is 0 Å². The highest BCUT2D eigenvalue weighted by molar-refractivity contribution is 9.11. The Bertz CT molecular complexity index is 755. The summed E-state index contributed by atoms with van der Waals surface area (Å²) in [5, 5.41) is 0. The van der Waals surface area contributed by atoms with Crippen LogP contribution < -0.4 is 4.74 Å². The quantitative estimate of drug-likeness (QED) is 0.503. The second kappa shape index (κ2) is 7.00. The van der Waals surface area contributed by atoms with Crippen molar-refractivity contribution in [1.82, 2.24) is 0 Å². The molecule has 0 aliphatic heterocycles. The maximum Gasteiger partial charge on any atom is 0.261 e. The summed E-state index contributed by atoms with van der Waals surface area (Å²) < 4.78 is 30.4. The van der Waals surface area contributed by atoms with Crippen LogP contribution in [-0.2, 0) is 15.7 Å². The van der Waals surface area contributed by atoms with E-state index in [9.17, 15) is 8.42 Å². The van der Waals surface area contributed by atoms with Gasteiger partial charge in [-0.2, -0.15) is 0 Å². The highest BCUT2D eigenvalue weighted by Gasteiger charge is 2.16. The van der Waals surface area contributed by atoms with Gasteiger partial charge in [-0.25, -0.2) is 8.42 Å². The van der Waals surface area contributed by atoms with Crippen LogP contribution in [0.3, 0.4) is 0 Å². The van der Waals surface area contributed by atoms with Crippen molar-refractivity contribution in [3.63, 3.8) is 0 Å². The van der Waals surface area contributed by atoms with Gasteiger partial charge < -0.3 is 4.74 Å². The predicted molar refractivity (Wildman–Crippen MR) is 93.4 cm³/mol. The maximum absolute atomic E-state index is 11.3. The second-order valence-corrected chi connectivity index (χ2v) is 9.16. The molecule has 0 amide bonds. The van der Waals surface area contributed by atoms with Crippen molar-refractivity contribution >= 4 is 67.5 Å². The van der Waals surface area contributed by atoms with Crippen LogP contribution in [0.4, 0.5) is 0 Å². The normalized spacial score (nSPS) is 11.4. The first kappa shape index (κ1) is 17.3. The summed E-state index contributed by atoms with van der Waals surface area (Å²) in [5.41, 5.74) is 0.977. The number of benzene rings is 2. The molecule has 112 valence electrons. The topological polar surface area (TPSA) is 43.4 Å². The van der Waals surface area contributed by atoms with Crippen LogP contribution in [0, 0.1) is 0 Å². The summed E-state index contributed by atoms with van der Waals surface area (Å²) in [6, 6.07) is 10.5. The van der Waals surface area contributed by atoms with E-state index in [0.29, 0.717) is 21.3 Å². The largest absolute Gasteiger partial charge is 0.486 e. The lowest BCUT2D eigenvalue weighted by Gasteiger charge is -2.12. The fraction of sp³-hybridized carbons (Fsp3) is 0.0769. The Morgan fingerprint density at radius 3 is 2.10 bits per heavy atom. The Labute approximate surface area is 152 Å². The van der Waals surface area contributed by atoms with Crippen molar-refractivity contribution < 1.29 is 13.2 Å². The molecular formula is C13H8Br3ClO3S. The summed E-state index contributed by atoms with van der Waals surface area (Å²) in [6.07, 6.45) is 0. The molecule has 8 heteroatoms. The standard InChI is InChI=1S/C13H8Br3ClO3S/c14-10-4-2-1-3-8(10)7-20-13-11(15)5-9(6-12(13)16)21(17,18)19/h1-6H,7H2. The van der Waals surface area contributed by atoms with E-state index in [0.717, 1.165) is 10.0 Å². The Balaban J connectivity index is 2.28. The van der Waals surface area contributed by atoms with E-state index in [-0.39, 0.29) is 4.90 Å². The zero-order chi connectivity index (χ0) is 15.6. The Hall–Kier alpha value is -0.0800. The fourth-order valence-corrected chi connectivity index (χ4v) is 4.48. The highest BCUT2D eigenvalue weighted by atomic mass is 79.9. The third kappa shape index (κ3) is 4.45. The molecule has 0 fully saturated rings. The van der Waals surface area contributed by atoms with Crippen molar-refractivity contribution in [3.8, 4) is 5.75 Å². The Morgan fingerprint density at radius 2 is 1.57 bits per heavy atom. The molecule has 3 nitrogen and oxygen atoms in total. The van der Waals surface area contributed by atoms with Crippen LogP contribution in [0.5, 0.6) is 5.75 Å². The zero-order valence-corrected chi connectivity index (χ0v) is 16.6. The molecule has 21 heavy (non-hydrogen) atoms. The van der Waals surface area contributed by atoms with Gasteiger partial charge in [0.05, 0.1) is 13.8 Å². The minimum absolute atomic E-state index is 0.00356. The molecule has 0 N–H and O–H groups in total. The average Bonchev–Trinajstić information content (AvgIpc) is 2.38. The molecule has 0 unspecified atom stereocenters. The van der Waals surface area contributed by atoms with Gasteiger partial charge in [-0.3, -0.25) is 0 Å². The van der Waals surface area contributed by atoms with E-state index in [1.54, 1.807) is 0 Å². The average molecular weight is 519 g/mol. The molecule has 0 aromatic heterocycles. The van der Waals surface area contributed by atoms with Gasteiger partial charge >= 0.3 is 0 Å². The molecule has 0 bridgehead atoms. The molecule has 0 radical (unpaired) electrons. The molecule has 2 rings (SSSR count). The van der Waals surface area contributed by atoms with Gasteiger partial charge in [0.15, 0.2) is 0 Å². The van der Waals surface area contributed by atoms with Gasteiger partial charge in [-0.15, -0.1) is 0 Å². The van der Waals surface area contributed by atoms with Crippen LogP contribution in [0.15, 0.2) is 54.7 Å². The third-order valence-corrected chi connectivity index (χ3v) is 5.87. The molecule has 0 spiro atoms. The van der Waals surface area contributed by atoms with E-state index >= 15 is 0 Å². The van der Waals surface area contributed by atoms with E-state index in [2.05, 4.69) is 47.8 Å². The smallest absolute Gasteiger partial charge is 0.261 e. The van der Waals surface area contributed by atoms with Crippen LogP contribution in [0.1, 0.15) is 5.56 Å². The van der Waals surface area contributed by atoms with Crippen LogP contribution in [0.2, 0.25) is 0 Å². The Kier molecular flexibility index (Phi) is 5.76. The van der Waals surface area contributed by atoms with Gasteiger partial charge in [0, 0.05) is 20.7 Å². The van der Waals surface area contributed by atoms with Gasteiger partial charge in [0.2, 0.25) is 0 Å². The van der Waals surface area contributed by atoms with Gasteiger partial charge in [-0.1, -0.05) is 34.1 Å². The van der Waals surface area contributed by atoms with Crippen molar-refractivity contribution in [2.24, 2.45) is 0 Å². The lowest BCUT2D eigenvalue weighted by Crippen LogP contribution is -1.99. The van der Waals surface area contributed by atoms with Crippen LogP contribution in [0.25, 0.3) is 0 Å². The fourth-order valence-electron chi connectivity index (χ4n) is 1.58. The number of rotatable bonds is 4. The number of ether oxygens (including phenoxy) is 1. The Morgan fingerprint density at radius 1 is 1.00 bits per heavy atom. The number of hydrogen-bond donors (Lipinski definition) is 0. The summed E-state index contributed by atoms with van der Waals surface area (Å²) >= 11 is 10.0. The summed E-state index contributed by atoms with van der Waals surface area (Å²) in [6.45, 7) is 0.339. The molecular weight excluding hydrogens is 511 g/mol. The SMILES string of the molecule is O=S(=O)(Cl)c1cc(Br)c(OCc2ccccc2Br)c(Br)c1. The molecule has 0 saturated carbocycles. The molecule has 2 aromatic carbocycles. The highest BCUT2D eigenvalue weighted by Crippen LogP contribution is 2.37. The second-order valence-electron chi connectivity index (χ2n) is 4.03. The van der Waals surface area contributed by atoms with Gasteiger partial charge in [0.25, 0.3) is 9.05 Å². The summed E-state index contributed by atoms with van der Waals surface area (Å²) in [5.74, 6) is 0.509. The van der Waals surface area contributed by atoms with Gasteiger partial charge in [0.1, 0.15) is 12.4 Å². The molecule has 0 atom stereocenters. The van der Waals surface area contributed by atoms with Crippen LogP contribution >= 0.6 is 58.5 Å². The number of halogens is 4. The lowest BCUT2D eigenvalue weighted by atomic mass is 10.2. The first-order valence-corrected chi connectivity index (χ1v) is 10.3. The summed E-state index contributed by atoms with van der Waals surface area (Å²) in [4.78, 5) is -0.00356. The lowest BCUT2D eigenvalue weighted by molar-refractivity contribution is 0.301. The summed E-state index contributed by atoms with van der Waals surface area (Å²) in [7, 11) is 1.54. The monoisotopic (exact) mass is 516 g/mol. The molecule has 0 aliphatic rings. The molecule has 0 heterocycles. The van der Waals surface area contributed by atoms with Crippen molar-refractivity contribution in [2.75, 3.05) is 0 Å². The van der Waals surface area contributed by atoms with E-state index in [1.807, 2.05) is 24.3 Å². The molecule has 2 aromatic rings. The van der Waals surface area contributed by atoms with Crippen LogP contribution in [-0.4, -0.2) is 8.42 Å². The zero-order valence-electron chi connectivity index (χ0n) is 10.3. The minimum Gasteiger partial charge on any atom is -0.486 e. The first-order chi connectivity index (χ1) is 9.79. The predicted octanol–water partition coefficient (Wildman–Crippen LogP) is 5.48. The first-order valence-electron chi connectivity index (χ1n) is 5.59. The minimum atomic E-state index is -3.79. The maximum atomic E-state index is 11.3. The van der Waals surface area contributed by atoms with E-state index in [4.69, 9.17) is 15.4 Å². The van der Waals surface area contributed by atoms with E-state index < -0.39 is 9.05 Å². The molecule has 0 saturated heterocycles.